The maximum Gasteiger partial charge on any atom is 0.328 e. The largest absolute Gasteiger partial charge is 0.464 e. The van der Waals surface area contributed by atoms with Gasteiger partial charge in [-0.2, -0.15) is 0 Å². The lowest BCUT2D eigenvalue weighted by Gasteiger charge is -2.19. The van der Waals surface area contributed by atoms with Crippen molar-refractivity contribution in [2.24, 2.45) is 5.92 Å². The van der Waals surface area contributed by atoms with Crippen LogP contribution in [0.5, 0.6) is 0 Å². The molecule has 148 valence electrons. The van der Waals surface area contributed by atoms with Gasteiger partial charge in [0.25, 0.3) is 17.3 Å². The molecule has 1 amide bonds. The van der Waals surface area contributed by atoms with Gasteiger partial charge in [-0.25, -0.2) is 4.79 Å². The van der Waals surface area contributed by atoms with E-state index in [1.807, 2.05) is 20.8 Å². The number of carbonyl (C=O) groups is 2. The molecule has 1 aromatic carbocycles. The maximum absolute atomic E-state index is 12.5. The van der Waals surface area contributed by atoms with Gasteiger partial charge in [0.05, 0.1) is 28.1 Å². The lowest BCUT2D eigenvalue weighted by atomic mass is 10.0. The predicted octanol–water partition coefficient (Wildman–Crippen LogP) is 2.99. The Hall–Kier alpha value is -3.04. The molecule has 0 radical (unpaired) electrons. The van der Waals surface area contributed by atoms with Gasteiger partial charge in [0.15, 0.2) is 0 Å². The van der Waals surface area contributed by atoms with Crippen LogP contribution < -0.4 is 5.32 Å². The molecule has 1 atom stereocenters. The van der Waals surface area contributed by atoms with Crippen LogP contribution in [0, 0.1) is 26.1 Å². The van der Waals surface area contributed by atoms with E-state index in [2.05, 4.69) is 5.32 Å². The number of hydrogen-bond donors (Lipinski definition) is 1. The standard InChI is InChI=1S/C17H23N3O7/c1-4-5-6-27-17(22)15(7-11(2)3)18-16(21)12-8-13(19(23)24)10-14(9-12)20(25)26/h8-11,15H,4-7H2,1-3H3,(H,18,21). The molecule has 0 aliphatic rings. The summed E-state index contributed by atoms with van der Waals surface area (Å²) in [6, 6.07) is 1.67. The summed E-state index contributed by atoms with van der Waals surface area (Å²) in [6.07, 6.45) is 1.82. The van der Waals surface area contributed by atoms with Crippen LogP contribution in [-0.4, -0.2) is 34.4 Å². The third-order valence-corrected chi connectivity index (χ3v) is 3.63. The average Bonchev–Trinajstić information content (AvgIpc) is 2.60. The third kappa shape index (κ3) is 7.00. The number of amides is 1. The molecule has 0 saturated carbocycles. The first-order valence-corrected chi connectivity index (χ1v) is 8.57. The molecule has 1 unspecified atom stereocenters. The normalized spacial score (nSPS) is 11.7. The lowest BCUT2D eigenvalue weighted by Crippen LogP contribution is -2.42. The number of ether oxygens (including phenoxy) is 1. The zero-order valence-electron chi connectivity index (χ0n) is 15.5. The number of benzene rings is 1. The van der Waals surface area contributed by atoms with Crippen LogP contribution in [0.2, 0.25) is 0 Å². The number of carbonyl (C=O) groups excluding carboxylic acids is 2. The first kappa shape index (κ1) is 22.0. The van der Waals surface area contributed by atoms with E-state index < -0.39 is 39.1 Å². The van der Waals surface area contributed by atoms with Crippen molar-refractivity contribution in [2.75, 3.05) is 6.61 Å². The minimum absolute atomic E-state index is 0.0634. The fraction of sp³-hybridized carbons (Fsp3) is 0.529. The first-order valence-electron chi connectivity index (χ1n) is 8.57. The molecule has 0 aromatic heterocycles. The summed E-state index contributed by atoms with van der Waals surface area (Å²) in [4.78, 5) is 44.9. The number of unbranched alkanes of at least 4 members (excludes halogenated alkanes) is 1. The van der Waals surface area contributed by atoms with Crippen molar-refractivity contribution < 1.29 is 24.2 Å². The van der Waals surface area contributed by atoms with Gasteiger partial charge >= 0.3 is 5.97 Å². The second kappa shape index (κ2) is 10.2. The van der Waals surface area contributed by atoms with Crippen molar-refractivity contribution >= 4 is 23.3 Å². The van der Waals surface area contributed by atoms with Gasteiger partial charge in [-0.05, 0) is 18.8 Å². The smallest absolute Gasteiger partial charge is 0.328 e. The monoisotopic (exact) mass is 381 g/mol. The predicted molar refractivity (Wildman–Crippen MR) is 96.3 cm³/mol. The van der Waals surface area contributed by atoms with Gasteiger partial charge in [0.1, 0.15) is 6.04 Å². The van der Waals surface area contributed by atoms with Crippen LogP contribution in [0.3, 0.4) is 0 Å². The number of esters is 1. The van der Waals surface area contributed by atoms with Crippen molar-refractivity contribution in [2.45, 2.75) is 46.1 Å². The topological polar surface area (TPSA) is 142 Å². The average molecular weight is 381 g/mol. The number of nitro groups is 2. The van der Waals surface area contributed by atoms with E-state index in [0.29, 0.717) is 12.8 Å². The van der Waals surface area contributed by atoms with Crippen LogP contribution in [0.15, 0.2) is 18.2 Å². The minimum atomic E-state index is -0.951. The van der Waals surface area contributed by atoms with E-state index in [1.54, 1.807) is 0 Å². The SMILES string of the molecule is CCCCOC(=O)C(CC(C)C)NC(=O)c1cc([N+](=O)[O-])cc([N+](=O)[O-])c1. The molecule has 27 heavy (non-hydrogen) atoms. The summed E-state index contributed by atoms with van der Waals surface area (Å²) >= 11 is 0. The number of nitro benzene ring substituents is 2. The summed E-state index contributed by atoms with van der Waals surface area (Å²) in [6.45, 7) is 5.88. The Morgan fingerprint density at radius 1 is 1.11 bits per heavy atom. The maximum atomic E-state index is 12.5. The summed E-state index contributed by atoms with van der Waals surface area (Å²) < 4.78 is 5.14. The molecule has 0 heterocycles. The van der Waals surface area contributed by atoms with Gasteiger partial charge in [0, 0.05) is 12.1 Å². The van der Waals surface area contributed by atoms with Crippen molar-refractivity contribution in [1.29, 1.82) is 0 Å². The highest BCUT2D eigenvalue weighted by Gasteiger charge is 2.26. The second-order valence-corrected chi connectivity index (χ2v) is 6.43. The van der Waals surface area contributed by atoms with Crippen LogP contribution in [0.4, 0.5) is 11.4 Å². The van der Waals surface area contributed by atoms with Crippen LogP contribution in [-0.2, 0) is 9.53 Å². The van der Waals surface area contributed by atoms with Crippen LogP contribution in [0.25, 0.3) is 0 Å². The van der Waals surface area contributed by atoms with Crippen molar-refractivity contribution in [3.63, 3.8) is 0 Å². The molecule has 0 bridgehead atoms. The van der Waals surface area contributed by atoms with E-state index in [4.69, 9.17) is 4.74 Å². The molecule has 0 saturated heterocycles. The highest BCUT2D eigenvalue weighted by Crippen LogP contribution is 2.23. The lowest BCUT2D eigenvalue weighted by molar-refractivity contribution is -0.394. The molecule has 10 heteroatoms. The molecule has 0 spiro atoms. The van der Waals surface area contributed by atoms with Gasteiger partial charge in [0.2, 0.25) is 0 Å². The third-order valence-electron chi connectivity index (χ3n) is 3.63. The van der Waals surface area contributed by atoms with Crippen molar-refractivity contribution in [3.8, 4) is 0 Å². The molecule has 1 aromatic rings. The van der Waals surface area contributed by atoms with E-state index in [-0.39, 0.29) is 18.1 Å². The Bertz CT molecular complexity index is 686. The van der Waals surface area contributed by atoms with E-state index in [0.717, 1.165) is 24.6 Å². The molecule has 10 nitrogen and oxygen atoms in total. The van der Waals surface area contributed by atoms with Gasteiger partial charge < -0.3 is 10.1 Å². The molecule has 0 fully saturated rings. The zero-order valence-corrected chi connectivity index (χ0v) is 15.5. The zero-order chi connectivity index (χ0) is 20.6. The van der Waals surface area contributed by atoms with Gasteiger partial charge in [-0.15, -0.1) is 0 Å². The molecule has 1 N–H and O–H groups in total. The Morgan fingerprint density at radius 3 is 2.11 bits per heavy atom. The Kier molecular flexibility index (Phi) is 8.31. The molecule has 0 aliphatic heterocycles. The fourth-order valence-corrected chi connectivity index (χ4v) is 2.28. The first-order chi connectivity index (χ1) is 12.6. The molecule has 0 aliphatic carbocycles. The van der Waals surface area contributed by atoms with Gasteiger partial charge in [-0.1, -0.05) is 27.2 Å². The van der Waals surface area contributed by atoms with Crippen molar-refractivity contribution in [3.05, 3.63) is 44.0 Å². The Balaban J connectivity index is 3.04. The number of non-ortho nitro benzene ring substituents is 2. The number of nitrogens with zero attached hydrogens (tertiary/aromatic N) is 2. The molecular formula is C17H23N3O7. The quantitative estimate of drug-likeness (QED) is 0.284. The summed E-state index contributed by atoms with van der Waals surface area (Å²) in [5.74, 6) is -1.36. The summed E-state index contributed by atoms with van der Waals surface area (Å²) in [5, 5.41) is 24.4. The van der Waals surface area contributed by atoms with E-state index in [9.17, 15) is 29.8 Å². The van der Waals surface area contributed by atoms with Crippen LogP contribution >= 0.6 is 0 Å². The van der Waals surface area contributed by atoms with Crippen LogP contribution in [0.1, 0.15) is 50.4 Å². The summed E-state index contributed by atoms with van der Waals surface area (Å²) in [5.41, 5.74) is -1.44. The fourth-order valence-electron chi connectivity index (χ4n) is 2.28. The Labute approximate surface area is 156 Å². The summed E-state index contributed by atoms with van der Waals surface area (Å²) in [7, 11) is 0. The molecular weight excluding hydrogens is 358 g/mol. The highest BCUT2D eigenvalue weighted by molar-refractivity contribution is 5.97. The van der Waals surface area contributed by atoms with E-state index in [1.165, 1.54) is 0 Å². The number of rotatable bonds is 10. The van der Waals surface area contributed by atoms with Crippen molar-refractivity contribution in [1.82, 2.24) is 5.32 Å². The Morgan fingerprint density at radius 2 is 1.67 bits per heavy atom. The number of nitrogens with one attached hydrogen (secondary N) is 1. The highest BCUT2D eigenvalue weighted by atomic mass is 16.6. The number of hydrogen-bond acceptors (Lipinski definition) is 7. The second-order valence-electron chi connectivity index (χ2n) is 6.43. The van der Waals surface area contributed by atoms with E-state index >= 15 is 0 Å². The molecule has 1 rings (SSSR count). The minimum Gasteiger partial charge on any atom is -0.464 e. The van der Waals surface area contributed by atoms with Gasteiger partial charge in [-0.3, -0.25) is 25.0 Å².